The highest BCUT2D eigenvalue weighted by Crippen LogP contribution is 2.23. The third kappa shape index (κ3) is 5.67. The largest absolute Gasteiger partial charge is 0.497 e. The maximum atomic E-state index is 12.3. The number of para-hydroxylation sites is 1. The Balaban J connectivity index is 1.87. The van der Waals surface area contributed by atoms with Crippen LogP contribution in [0, 0.1) is 0 Å². The second-order valence-corrected chi connectivity index (χ2v) is 5.81. The number of nitrogens with zero attached hydrogens (tertiary/aromatic N) is 1. The molecule has 0 fully saturated rings. The highest BCUT2D eigenvalue weighted by molar-refractivity contribution is 6.32. The average Bonchev–Trinajstić information content (AvgIpc) is 2.65. The van der Waals surface area contributed by atoms with Crippen LogP contribution in [0.2, 0.25) is 5.02 Å². The van der Waals surface area contributed by atoms with Crippen molar-refractivity contribution in [3.63, 3.8) is 0 Å². The standard InChI is InChI=1S/C19H21ClN2O4/c1-3-22(19(24)13-26-17-7-5-4-6-16(17)20)12-18(23)21-14-8-10-15(25-2)11-9-14/h4-11H,3,12-13H2,1-2H3,(H,21,23). The van der Waals surface area contributed by atoms with Gasteiger partial charge in [-0.05, 0) is 43.3 Å². The third-order valence-corrected chi connectivity index (χ3v) is 3.94. The number of benzene rings is 2. The van der Waals surface area contributed by atoms with Crippen molar-refractivity contribution in [2.45, 2.75) is 6.92 Å². The van der Waals surface area contributed by atoms with E-state index in [0.29, 0.717) is 28.8 Å². The fourth-order valence-corrected chi connectivity index (χ4v) is 2.41. The fraction of sp³-hybridized carbons (Fsp3) is 0.263. The molecule has 0 bridgehead atoms. The average molecular weight is 377 g/mol. The number of hydrogen-bond acceptors (Lipinski definition) is 4. The van der Waals surface area contributed by atoms with Gasteiger partial charge in [0, 0.05) is 12.2 Å². The summed E-state index contributed by atoms with van der Waals surface area (Å²) < 4.78 is 10.5. The highest BCUT2D eigenvalue weighted by atomic mass is 35.5. The Morgan fingerprint density at radius 3 is 2.42 bits per heavy atom. The first-order valence-electron chi connectivity index (χ1n) is 8.12. The Morgan fingerprint density at radius 1 is 1.12 bits per heavy atom. The van der Waals surface area contributed by atoms with E-state index < -0.39 is 0 Å². The molecule has 0 aliphatic rings. The van der Waals surface area contributed by atoms with Gasteiger partial charge in [0.1, 0.15) is 11.5 Å². The summed E-state index contributed by atoms with van der Waals surface area (Å²) in [7, 11) is 1.57. The molecule has 0 aliphatic heterocycles. The molecule has 0 atom stereocenters. The first-order chi connectivity index (χ1) is 12.5. The van der Waals surface area contributed by atoms with Crippen molar-refractivity contribution >= 4 is 29.1 Å². The van der Waals surface area contributed by atoms with E-state index in [-0.39, 0.29) is 25.0 Å². The summed E-state index contributed by atoms with van der Waals surface area (Å²) in [6.45, 7) is 1.94. The van der Waals surface area contributed by atoms with Crippen molar-refractivity contribution in [2.75, 3.05) is 32.1 Å². The number of rotatable bonds is 8. The van der Waals surface area contributed by atoms with Gasteiger partial charge in [-0.3, -0.25) is 9.59 Å². The smallest absolute Gasteiger partial charge is 0.260 e. The number of nitrogens with one attached hydrogen (secondary N) is 1. The summed E-state index contributed by atoms with van der Waals surface area (Å²) in [6.07, 6.45) is 0. The topological polar surface area (TPSA) is 67.9 Å². The van der Waals surface area contributed by atoms with E-state index in [0.717, 1.165) is 0 Å². The zero-order valence-electron chi connectivity index (χ0n) is 14.7. The van der Waals surface area contributed by atoms with Crippen LogP contribution in [0.25, 0.3) is 0 Å². The van der Waals surface area contributed by atoms with Crippen LogP contribution in [-0.4, -0.2) is 43.5 Å². The molecule has 0 saturated carbocycles. The summed E-state index contributed by atoms with van der Waals surface area (Å²) in [5, 5.41) is 3.18. The van der Waals surface area contributed by atoms with Crippen LogP contribution in [0.15, 0.2) is 48.5 Å². The number of amides is 2. The van der Waals surface area contributed by atoms with Gasteiger partial charge in [-0.15, -0.1) is 0 Å². The molecule has 7 heteroatoms. The molecular formula is C19H21ClN2O4. The Hall–Kier alpha value is -2.73. The maximum absolute atomic E-state index is 12.3. The van der Waals surface area contributed by atoms with Crippen molar-refractivity contribution in [1.29, 1.82) is 0 Å². The minimum atomic E-state index is -0.294. The minimum absolute atomic E-state index is 0.0623. The second kappa shape index (κ2) is 9.68. The number of anilines is 1. The summed E-state index contributed by atoms with van der Waals surface area (Å²) in [5.41, 5.74) is 0.631. The Morgan fingerprint density at radius 2 is 1.81 bits per heavy atom. The van der Waals surface area contributed by atoms with Gasteiger partial charge >= 0.3 is 0 Å². The third-order valence-electron chi connectivity index (χ3n) is 3.63. The number of carbonyl (C=O) groups excluding carboxylic acids is 2. The van der Waals surface area contributed by atoms with E-state index in [1.54, 1.807) is 62.6 Å². The minimum Gasteiger partial charge on any atom is -0.497 e. The summed E-state index contributed by atoms with van der Waals surface area (Å²) in [5.74, 6) is 0.548. The molecule has 1 N–H and O–H groups in total. The predicted octanol–water partition coefficient (Wildman–Crippen LogP) is 3.21. The van der Waals surface area contributed by atoms with Crippen LogP contribution in [0.1, 0.15) is 6.92 Å². The molecule has 138 valence electrons. The number of carbonyl (C=O) groups is 2. The van der Waals surface area contributed by atoms with E-state index >= 15 is 0 Å². The first-order valence-corrected chi connectivity index (χ1v) is 8.50. The number of likely N-dealkylation sites (N-methyl/N-ethyl adjacent to an activating group) is 1. The molecule has 0 heterocycles. The lowest BCUT2D eigenvalue weighted by Crippen LogP contribution is -2.40. The van der Waals surface area contributed by atoms with E-state index in [1.165, 1.54) is 4.90 Å². The van der Waals surface area contributed by atoms with Gasteiger partial charge in [-0.2, -0.15) is 0 Å². The van der Waals surface area contributed by atoms with Gasteiger partial charge in [-0.25, -0.2) is 0 Å². The lowest BCUT2D eigenvalue weighted by Gasteiger charge is -2.20. The van der Waals surface area contributed by atoms with E-state index in [9.17, 15) is 9.59 Å². The van der Waals surface area contributed by atoms with Gasteiger partial charge < -0.3 is 19.7 Å². The van der Waals surface area contributed by atoms with Gasteiger partial charge in [0.15, 0.2) is 6.61 Å². The molecule has 0 aliphatic carbocycles. The van der Waals surface area contributed by atoms with Gasteiger partial charge in [0.2, 0.25) is 5.91 Å². The molecule has 2 aromatic rings. The summed E-state index contributed by atoms with van der Waals surface area (Å²) in [6, 6.07) is 13.9. The van der Waals surface area contributed by atoms with Crippen LogP contribution in [-0.2, 0) is 9.59 Å². The number of methoxy groups -OCH3 is 1. The van der Waals surface area contributed by atoms with Crippen LogP contribution in [0.3, 0.4) is 0 Å². The molecule has 0 radical (unpaired) electrons. The van der Waals surface area contributed by atoms with Gasteiger partial charge in [0.05, 0.1) is 18.7 Å². The molecule has 0 saturated heterocycles. The van der Waals surface area contributed by atoms with Crippen LogP contribution < -0.4 is 14.8 Å². The van der Waals surface area contributed by atoms with Crippen molar-refractivity contribution in [3.8, 4) is 11.5 Å². The van der Waals surface area contributed by atoms with Crippen molar-refractivity contribution in [1.82, 2.24) is 4.90 Å². The predicted molar refractivity (Wildman–Crippen MR) is 101 cm³/mol. The van der Waals surface area contributed by atoms with Crippen LogP contribution >= 0.6 is 11.6 Å². The molecule has 2 rings (SSSR count). The Kier molecular flexibility index (Phi) is 7.29. The van der Waals surface area contributed by atoms with E-state index in [4.69, 9.17) is 21.1 Å². The van der Waals surface area contributed by atoms with Crippen LogP contribution in [0.5, 0.6) is 11.5 Å². The van der Waals surface area contributed by atoms with Gasteiger partial charge in [-0.1, -0.05) is 23.7 Å². The molecule has 2 aromatic carbocycles. The molecule has 0 aromatic heterocycles. The normalized spacial score (nSPS) is 10.1. The molecule has 2 amide bonds. The zero-order chi connectivity index (χ0) is 18.9. The summed E-state index contributed by atoms with van der Waals surface area (Å²) >= 11 is 5.99. The number of halogens is 1. The molecule has 0 unspecified atom stereocenters. The fourth-order valence-electron chi connectivity index (χ4n) is 2.22. The van der Waals surface area contributed by atoms with E-state index in [1.807, 2.05) is 0 Å². The van der Waals surface area contributed by atoms with Gasteiger partial charge in [0.25, 0.3) is 5.91 Å². The van der Waals surface area contributed by atoms with E-state index in [2.05, 4.69) is 5.32 Å². The van der Waals surface area contributed by atoms with Crippen molar-refractivity contribution < 1.29 is 19.1 Å². The Bertz CT molecular complexity index is 749. The quantitative estimate of drug-likeness (QED) is 0.768. The lowest BCUT2D eigenvalue weighted by molar-refractivity contribution is -0.136. The van der Waals surface area contributed by atoms with Crippen molar-refractivity contribution in [3.05, 3.63) is 53.6 Å². The maximum Gasteiger partial charge on any atom is 0.260 e. The first kappa shape index (κ1) is 19.6. The molecular weight excluding hydrogens is 356 g/mol. The summed E-state index contributed by atoms with van der Waals surface area (Å²) in [4.78, 5) is 25.9. The Labute approximate surface area is 157 Å². The molecule has 0 spiro atoms. The molecule has 6 nitrogen and oxygen atoms in total. The van der Waals surface area contributed by atoms with Crippen LogP contribution in [0.4, 0.5) is 5.69 Å². The van der Waals surface area contributed by atoms with Crippen molar-refractivity contribution in [2.24, 2.45) is 0 Å². The lowest BCUT2D eigenvalue weighted by atomic mass is 10.3. The highest BCUT2D eigenvalue weighted by Gasteiger charge is 2.17. The monoisotopic (exact) mass is 376 g/mol. The SMILES string of the molecule is CCN(CC(=O)Nc1ccc(OC)cc1)C(=O)COc1ccccc1Cl. The molecule has 26 heavy (non-hydrogen) atoms. The number of hydrogen-bond donors (Lipinski definition) is 1. The zero-order valence-corrected chi connectivity index (χ0v) is 15.5. The second-order valence-electron chi connectivity index (χ2n) is 5.40. The number of ether oxygens (including phenoxy) is 2.